The first-order valence-corrected chi connectivity index (χ1v) is 8.10. The van der Waals surface area contributed by atoms with Crippen LogP contribution in [0.1, 0.15) is 10.4 Å². The van der Waals surface area contributed by atoms with Gasteiger partial charge in [-0.2, -0.15) is 0 Å². The molecule has 8 nitrogen and oxygen atoms in total. The molecule has 0 unspecified atom stereocenters. The first kappa shape index (κ1) is 17.2. The first-order valence-electron chi connectivity index (χ1n) is 8.10. The fraction of sp³-hybridized carbons (Fsp3) is 0.471. The van der Waals surface area contributed by atoms with Gasteiger partial charge in [-0.25, -0.2) is 0 Å². The smallest absolute Gasteiger partial charge is 0.257 e. The van der Waals surface area contributed by atoms with E-state index in [4.69, 9.17) is 4.74 Å². The molecule has 3 amide bonds. The van der Waals surface area contributed by atoms with Crippen LogP contribution in [0.15, 0.2) is 24.3 Å². The molecule has 2 fully saturated rings. The summed E-state index contributed by atoms with van der Waals surface area (Å²) in [6.45, 7) is 0.312. The third kappa shape index (κ3) is 2.82. The highest BCUT2D eigenvalue weighted by Gasteiger charge is 2.47. The van der Waals surface area contributed by atoms with Crippen LogP contribution in [0.25, 0.3) is 0 Å². The maximum atomic E-state index is 12.8. The largest absolute Gasteiger partial charge is 0.496 e. The van der Waals surface area contributed by atoms with Crippen molar-refractivity contribution in [1.29, 1.82) is 0 Å². The Kier molecular flexibility index (Phi) is 4.63. The van der Waals surface area contributed by atoms with Crippen molar-refractivity contribution < 1.29 is 24.2 Å². The highest BCUT2D eigenvalue weighted by atomic mass is 16.5. The number of rotatable bonds is 3. The first-order chi connectivity index (χ1) is 12.0. The summed E-state index contributed by atoms with van der Waals surface area (Å²) in [5, 5.41) is 9.37. The van der Waals surface area contributed by atoms with Crippen LogP contribution in [-0.4, -0.2) is 90.0 Å². The molecule has 134 valence electrons. The van der Waals surface area contributed by atoms with E-state index in [2.05, 4.69) is 0 Å². The summed E-state index contributed by atoms with van der Waals surface area (Å²) in [5.74, 6) is -0.308. The molecule has 1 N–H and O–H groups in total. The molecule has 2 saturated heterocycles. The van der Waals surface area contributed by atoms with Gasteiger partial charge in [-0.3, -0.25) is 14.4 Å². The topological polar surface area (TPSA) is 90.4 Å². The van der Waals surface area contributed by atoms with Crippen LogP contribution < -0.4 is 4.74 Å². The maximum Gasteiger partial charge on any atom is 0.257 e. The lowest BCUT2D eigenvalue weighted by molar-refractivity contribution is -0.164. The highest BCUT2D eigenvalue weighted by Crippen LogP contribution is 2.24. The zero-order valence-electron chi connectivity index (χ0n) is 14.2. The molecule has 0 saturated carbocycles. The standard InChI is InChI=1S/C17H21N3O5/c1-18-13(10-21)17(24)20-8-7-19(9-12(20)16(18)23)15(22)11-5-3-4-6-14(11)25-2/h3-6,12-13,21H,7-10H2,1-2H3/t12-,13+/m1/s1. The van der Waals surface area contributed by atoms with E-state index in [9.17, 15) is 19.5 Å². The predicted molar refractivity (Wildman–Crippen MR) is 88.0 cm³/mol. The van der Waals surface area contributed by atoms with Gasteiger partial charge in [-0.05, 0) is 12.1 Å². The van der Waals surface area contributed by atoms with Crippen LogP contribution in [0.4, 0.5) is 0 Å². The zero-order chi connectivity index (χ0) is 18.1. The number of ether oxygens (including phenoxy) is 1. The molecule has 25 heavy (non-hydrogen) atoms. The van der Waals surface area contributed by atoms with Crippen molar-refractivity contribution in [3.05, 3.63) is 29.8 Å². The molecule has 2 heterocycles. The Hall–Kier alpha value is -2.61. The minimum atomic E-state index is -0.847. The van der Waals surface area contributed by atoms with Crippen molar-refractivity contribution in [1.82, 2.24) is 14.7 Å². The lowest BCUT2D eigenvalue weighted by Crippen LogP contribution is -2.70. The van der Waals surface area contributed by atoms with E-state index in [-0.39, 0.29) is 30.8 Å². The van der Waals surface area contributed by atoms with E-state index in [0.717, 1.165) is 0 Å². The Labute approximate surface area is 145 Å². The molecule has 0 spiro atoms. The molecule has 1 aromatic carbocycles. The number of likely N-dealkylation sites (N-methyl/N-ethyl adjacent to an activating group) is 1. The number of aliphatic hydroxyl groups excluding tert-OH is 1. The van der Waals surface area contributed by atoms with Gasteiger partial charge in [0, 0.05) is 20.1 Å². The van der Waals surface area contributed by atoms with Crippen LogP contribution in [0.5, 0.6) is 5.75 Å². The van der Waals surface area contributed by atoms with Gasteiger partial charge in [0.1, 0.15) is 17.8 Å². The fourth-order valence-corrected chi connectivity index (χ4v) is 3.38. The lowest BCUT2D eigenvalue weighted by atomic mass is 10.0. The van der Waals surface area contributed by atoms with Crippen molar-refractivity contribution in [3.8, 4) is 5.75 Å². The molecule has 1 aromatic rings. The Morgan fingerprint density at radius 3 is 2.64 bits per heavy atom. The summed E-state index contributed by atoms with van der Waals surface area (Å²) in [5.41, 5.74) is 0.426. The quantitative estimate of drug-likeness (QED) is 0.772. The minimum absolute atomic E-state index is 0.129. The number of amides is 3. The summed E-state index contributed by atoms with van der Waals surface area (Å²) < 4.78 is 5.23. The summed E-state index contributed by atoms with van der Waals surface area (Å²) in [7, 11) is 3.00. The van der Waals surface area contributed by atoms with Gasteiger partial charge < -0.3 is 24.5 Å². The number of fused-ring (bicyclic) bond motifs is 1. The summed E-state index contributed by atoms with van der Waals surface area (Å²) in [6, 6.07) is 5.35. The van der Waals surface area contributed by atoms with Crippen molar-refractivity contribution >= 4 is 17.7 Å². The molecule has 0 aliphatic carbocycles. The zero-order valence-corrected chi connectivity index (χ0v) is 14.2. The van der Waals surface area contributed by atoms with Gasteiger partial charge in [0.2, 0.25) is 11.8 Å². The van der Waals surface area contributed by atoms with E-state index < -0.39 is 18.7 Å². The third-order valence-corrected chi connectivity index (χ3v) is 4.85. The molecule has 3 rings (SSSR count). The SMILES string of the molecule is COc1ccccc1C(=O)N1CCN2C(=O)[C@H](CO)N(C)C(=O)[C@H]2C1. The molecule has 0 radical (unpaired) electrons. The highest BCUT2D eigenvalue weighted by molar-refractivity contribution is 6.00. The second-order valence-corrected chi connectivity index (χ2v) is 6.15. The molecule has 8 heteroatoms. The van der Waals surface area contributed by atoms with Crippen molar-refractivity contribution in [2.45, 2.75) is 12.1 Å². The van der Waals surface area contributed by atoms with Crippen LogP contribution in [0, 0.1) is 0 Å². The van der Waals surface area contributed by atoms with E-state index >= 15 is 0 Å². The molecular weight excluding hydrogens is 326 g/mol. The third-order valence-electron chi connectivity index (χ3n) is 4.85. The number of hydrogen-bond donors (Lipinski definition) is 1. The van der Waals surface area contributed by atoms with Gasteiger partial charge in [-0.15, -0.1) is 0 Å². The van der Waals surface area contributed by atoms with Gasteiger partial charge >= 0.3 is 0 Å². The molecule has 0 aromatic heterocycles. The second-order valence-electron chi connectivity index (χ2n) is 6.15. The Morgan fingerprint density at radius 1 is 1.24 bits per heavy atom. The Balaban J connectivity index is 1.82. The number of nitrogens with zero attached hydrogens (tertiary/aromatic N) is 3. The molecule has 0 bridgehead atoms. The number of hydrogen-bond acceptors (Lipinski definition) is 5. The normalized spacial score (nSPS) is 23.6. The number of para-hydroxylation sites is 1. The lowest BCUT2D eigenvalue weighted by Gasteiger charge is -2.47. The minimum Gasteiger partial charge on any atom is -0.496 e. The number of carbonyl (C=O) groups is 3. The molecule has 2 aliphatic heterocycles. The Morgan fingerprint density at radius 2 is 1.96 bits per heavy atom. The molecular formula is C17H21N3O5. The maximum absolute atomic E-state index is 12.8. The Bertz CT molecular complexity index is 707. The van der Waals surface area contributed by atoms with Crippen LogP contribution in [-0.2, 0) is 9.59 Å². The second kappa shape index (κ2) is 6.72. The average molecular weight is 347 g/mol. The van der Waals surface area contributed by atoms with Gasteiger partial charge in [-0.1, -0.05) is 12.1 Å². The summed E-state index contributed by atoms with van der Waals surface area (Å²) >= 11 is 0. The van der Waals surface area contributed by atoms with E-state index in [1.807, 2.05) is 0 Å². The van der Waals surface area contributed by atoms with E-state index in [1.165, 1.54) is 24.0 Å². The van der Waals surface area contributed by atoms with Crippen molar-refractivity contribution in [2.24, 2.45) is 0 Å². The van der Waals surface area contributed by atoms with Gasteiger partial charge in [0.15, 0.2) is 0 Å². The average Bonchev–Trinajstić information content (AvgIpc) is 2.65. The predicted octanol–water partition coefficient (Wildman–Crippen LogP) is -0.819. The fourth-order valence-electron chi connectivity index (χ4n) is 3.38. The number of benzene rings is 1. The van der Waals surface area contributed by atoms with Crippen LogP contribution in [0.3, 0.4) is 0 Å². The number of methoxy groups -OCH3 is 1. The van der Waals surface area contributed by atoms with Gasteiger partial charge in [0.25, 0.3) is 5.91 Å². The summed E-state index contributed by atoms with van der Waals surface area (Å²) in [6.07, 6.45) is 0. The van der Waals surface area contributed by atoms with E-state index in [0.29, 0.717) is 17.9 Å². The summed E-state index contributed by atoms with van der Waals surface area (Å²) in [4.78, 5) is 42.1. The van der Waals surface area contributed by atoms with Crippen molar-refractivity contribution in [3.63, 3.8) is 0 Å². The number of aliphatic hydroxyl groups is 1. The van der Waals surface area contributed by atoms with Crippen molar-refractivity contribution in [2.75, 3.05) is 40.4 Å². The van der Waals surface area contributed by atoms with Crippen LogP contribution >= 0.6 is 0 Å². The van der Waals surface area contributed by atoms with Crippen LogP contribution in [0.2, 0.25) is 0 Å². The number of carbonyl (C=O) groups excluding carboxylic acids is 3. The van der Waals surface area contributed by atoms with E-state index in [1.54, 1.807) is 29.2 Å². The number of piperazine rings is 2. The molecule has 2 atom stereocenters. The van der Waals surface area contributed by atoms with Gasteiger partial charge in [0.05, 0.1) is 25.8 Å². The molecule has 2 aliphatic rings. The monoisotopic (exact) mass is 347 g/mol.